The Kier molecular flexibility index (Phi) is 10.6. The minimum atomic E-state index is -1.98. The molecule has 0 saturated carbocycles. The van der Waals surface area contributed by atoms with Gasteiger partial charge in [0.2, 0.25) is 0 Å². The molecule has 0 amide bonds. The Labute approximate surface area is 287 Å². The molecule has 0 unspecified atom stereocenters. The second-order valence-corrected chi connectivity index (χ2v) is 20.7. The lowest BCUT2D eigenvalue weighted by Crippen LogP contribution is -2.47. The number of piperazine rings is 1. The fourth-order valence-electron chi connectivity index (χ4n) is 6.18. The van der Waals surface area contributed by atoms with Crippen LogP contribution >= 0.6 is 11.6 Å². The maximum absolute atomic E-state index is 12.2. The molecule has 1 fully saturated rings. The number of ether oxygens (including phenoxy) is 1. The molecule has 1 aliphatic carbocycles. The maximum atomic E-state index is 12.2. The highest BCUT2D eigenvalue weighted by molar-refractivity contribution is 6.74. The summed E-state index contributed by atoms with van der Waals surface area (Å²) in [4.78, 5) is 17.1. The van der Waals surface area contributed by atoms with E-state index in [1.54, 1.807) is 6.07 Å². The summed E-state index contributed by atoms with van der Waals surface area (Å²) in [5.41, 5.74) is 6.62. The highest BCUT2D eigenvalue weighted by Crippen LogP contribution is 2.44. The first kappa shape index (κ1) is 35.2. The molecule has 3 aromatic rings. The molecule has 1 aliphatic heterocycles. The van der Waals surface area contributed by atoms with Gasteiger partial charge in [-0.05, 0) is 84.3 Å². The number of carboxylic acids is 1. The number of hydrogen-bond donors (Lipinski definition) is 1. The molecule has 0 atom stereocenters. The van der Waals surface area contributed by atoms with Crippen LogP contribution in [0.4, 0.5) is 5.69 Å². The van der Waals surface area contributed by atoms with Gasteiger partial charge in [0.05, 0.1) is 6.61 Å². The van der Waals surface area contributed by atoms with Crippen molar-refractivity contribution in [3.63, 3.8) is 0 Å². The van der Waals surface area contributed by atoms with Crippen LogP contribution in [0.25, 0.3) is 5.57 Å². The van der Waals surface area contributed by atoms with Crippen molar-refractivity contribution in [2.45, 2.75) is 78.6 Å². The summed E-state index contributed by atoms with van der Waals surface area (Å²) in [5, 5.41) is 10.9. The van der Waals surface area contributed by atoms with Crippen LogP contribution in [0, 0.1) is 5.41 Å². The SMILES string of the molecule is CC1(C)CCC(CN2CCN(c3ccc(C(=O)O)c(Oc4ccccc4CO[Si](C)(C)C(C)(C)C)c3)CC2)=C(c2ccc(Cl)cc2)C1. The van der Waals surface area contributed by atoms with Crippen molar-refractivity contribution in [2.75, 3.05) is 37.6 Å². The van der Waals surface area contributed by atoms with Gasteiger partial charge in [0.15, 0.2) is 8.32 Å². The van der Waals surface area contributed by atoms with E-state index in [1.165, 1.54) is 23.1 Å². The molecule has 1 N–H and O–H groups in total. The average molecular weight is 675 g/mol. The first-order valence-electron chi connectivity index (χ1n) is 16.8. The highest BCUT2D eigenvalue weighted by atomic mass is 35.5. The first-order valence-corrected chi connectivity index (χ1v) is 20.1. The summed E-state index contributed by atoms with van der Waals surface area (Å²) < 4.78 is 12.9. The highest BCUT2D eigenvalue weighted by Gasteiger charge is 2.37. The predicted octanol–water partition coefficient (Wildman–Crippen LogP) is 10.1. The lowest BCUT2D eigenvalue weighted by atomic mass is 9.72. The van der Waals surface area contributed by atoms with E-state index in [9.17, 15) is 9.90 Å². The van der Waals surface area contributed by atoms with Gasteiger partial charge in [-0.1, -0.05) is 82.1 Å². The monoisotopic (exact) mass is 674 g/mol. The molecule has 0 spiro atoms. The number of nitrogens with zero attached hydrogens (tertiary/aromatic N) is 2. The molecule has 0 bridgehead atoms. The van der Waals surface area contributed by atoms with Crippen molar-refractivity contribution < 1.29 is 19.1 Å². The number of carbonyl (C=O) groups is 1. The van der Waals surface area contributed by atoms with Crippen molar-refractivity contribution in [1.82, 2.24) is 4.90 Å². The zero-order valence-corrected chi connectivity index (χ0v) is 30.9. The molecular weight excluding hydrogens is 624 g/mol. The number of halogens is 1. The van der Waals surface area contributed by atoms with Gasteiger partial charge in [0.1, 0.15) is 17.1 Å². The van der Waals surface area contributed by atoms with Crippen LogP contribution in [0.5, 0.6) is 11.5 Å². The first-order chi connectivity index (χ1) is 22.1. The van der Waals surface area contributed by atoms with Crippen LogP contribution in [0.2, 0.25) is 23.2 Å². The molecule has 3 aromatic carbocycles. The summed E-state index contributed by atoms with van der Waals surface area (Å²) in [6.45, 7) is 20.8. The van der Waals surface area contributed by atoms with Crippen LogP contribution in [0.15, 0.2) is 72.3 Å². The maximum Gasteiger partial charge on any atom is 0.339 e. The summed E-state index contributed by atoms with van der Waals surface area (Å²) in [6.07, 6.45) is 3.39. The topological polar surface area (TPSA) is 62.2 Å². The number of benzene rings is 3. The van der Waals surface area contributed by atoms with Crippen molar-refractivity contribution in [3.8, 4) is 11.5 Å². The summed E-state index contributed by atoms with van der Waals surface area (Å²) in [5.74, 6) is -0.0392. The Balaban J connectivity index is 1.30. The van der Waals surface area contributed by atoms with Crippen molar-refractivity contribution >= 4 is 37.1 Å². The third kappa shape index (κ3) is 8.68. The zero-order chi connectivity index (χ0) is 34.0. The number of rotatable bonds is 10. The fraction of sp³-hybridized carbons (Fsp3) is 0.462. The zero-order valence-electron chi connectivity index (χ0n) is 29.2. The molecule has 0 radical (unpaired) electrons. The molecule has 47 heavy (non-hydrogen) atoms. The van der Waals surface area contributed by atoms with E-state index >= 15 is 0 Å². The minimum absolute atomic E-state index is 0.0842. The number of allylic oxidation sites excluding steroid dienone is 1. The summed E-state index contributed by atoms with van der Waals surface area (Å²) >= 11 is 6.22. The molecule has 2 aliphatic rings. The Morgan fingerprint density at radius 2 is 1.64 bits per heavy atom. The minimum Gasteiger partial charge on any atom is -0.478 e. The number of carboxylic acid groups (broad SMARTS) is 1. The number of para-hydroxylation sites is 1. The molecule has 252 valence electrons. The van der Waals surface area contributed by atoms with Gasteiger partial charge in [-0.25, -0.2) is 4.79 Å². The molecule has 1 saturated heterocycles. The van der Waals surface area contributed by atoms with E-state index in [-0.39, 0.29) is 16.0 Å². The molecule has 1 heterocycles. The van der Waals surface area contributed by atoms with Crippen molar-refractivity contribution in [1.29, 1.82) is 0 Å². The number of anilines is 1. The van der Waals surface area contributed by atoms with Gasteiger partial charge in [0, 0.05) is 55.1 Å². The number of aromatic carboxylic acids is 1. The number of hydrogen-bond acceptors (Lipinski definition) is 5. The predicted molar refractivity (Wildman–Crippen MR) is 197 cm³/mol. The molecule has 5 rings (SSSR count). The lowest BCUT2D eigenvalue weighted by Gasteiger charge is -2.39. The summed E-state index contributed by atoms with van der Waals surface area (Å²) in [7, 11) is -1.98. The van der Waals surface area contributed by atoms with Gasteiger partial charge in [-0.15, -0.1) is 0 Å². The van der Waals surface area contributed by atoms with Gasteiger partial charge in [-0.2, -0.15) is 0 Å². The van der Waals surface area contributed by atoms with Crippen molar-refractivity contribution in [3.05, 3.63) is 94.0 Å². The van der Waals surface area contributed by atoms with Gasteiger partial charge in [0.25, 0.3) is 0 Å². The van der Waals surface area contributed by atoms with E-state index in [0.717, 1.165) is 61.8 Å². The van der Waals surface area contributed by atoms with Crippen LogP contribution in [-0.2, 0) is 11.0 Å². The van der Waals surface area contributed by atoms with Crippen LogP contribution in [0.1, 0.15) is 75.4 Å². The van der Waals surface area contributed by atoms with E-state index in [0.29, 0.717) is 18.1 Å². The molecule has 0 aromatic heterocycles. The second kappa shape index (κ2) is 14.2. The van der Waals surface area contributed by atoms with Gasteiger partial charge >= 0.3 is 5.97 Å². The Hall–Kier alpha value is -3.10. The molecule has 6 nitrogen and oxygen atoms in total. The Morgan fingerprint density at radius 3 is 2.30 bits per heavy atom. The molecular formula is C39H51ClN2O4Si. The van der Waals surface area contributed by atoms with Crippen LogP contribution in [0.3, 0.4) is 0 Å². The Morgan fingerprint density at radius 1 is 0.957 bits per heavy atom. The van der Waals surface area contributed by atoms with Gasteiger partial charge in [-0.3, -0.25) is 4.90 Å². The smallest absolute Gasteiger partial charge is 0.339 e. The van der Waals surface area contributed by atoms with E-state index in [2.05, 4.69) is 69.6 Å². The van der Waals surface area contributed by atoms with E-state index in [1.807, 2.05) is 48.5 Å². The van der Waals surface area contributed by atoms with Crippen LogP contribution in [-0.4, -0.2) is 57.0 Å². The second-order valence-electron chi connectivity index (χ2n) is 15.4. The Bertz CT molecular complexity index is 1600. The standard InChI is InChI=1S/C39H51ClN2O4Si/c1-38(2,3)47(6,7)45-27-30-10-8-9-11-35(30)46-36-24-32(16-17-33(36)37(43)44)42-22-20-41(21-23-42)26-29-18-19-39(4,5)25-34(29)28-12-14-31(40)15-13-28/h8-17,24H,18-23,25-27H2,1-7H3,(H,43,44). The third-order valence-corrected chi connectivity index (χ3v) is 15.0. The van der Waals surface area contributed by atoms with E-state index < -0.39 is 14.3 Å². The fourth-order valence-corrected chi connectivity index (χ4v) is 7.26. The summed E-state index contributed by atoms with van der Waals surface area (Å²) in [6, 6.07) is 21.5. The van der Waals surface area contributed by atoms with Gasteiger partial charge < -0.3 is 19.2 Å². The van der Waals surface area contributed by atoms with Crippen LogP contribution < -0.4 is 9.64 Å². The normalized spacial score (nSPS) is 17.6. The van der Waals surface area contributed by atoms with E-state index in [4.69, 9.17) is 20.8 Å². The third-order valence-electron chi connectivity index (χ3n) is 10.3. The lowest BCUT2D eigenvalue weighted by molar-refractivity contribution is 0.0694. The average Bonchev–Trinajstić information content (AvgIpc) is 3.01. The van der Waals surface area contributed by atoms with Crippen molar-refractivity contribution in [2.24, 2.45) is 5.41 Å². The largest absolute Gasteiger partial charge is 0.478 e. The quantitative estimate of drug-likeness (QED) is 0.216. The molecule has 8 heteroatoms.